The molecule has 2 rings (SSSR count). The maximum atomic E-state index is 11.2. The van der Waals surface area contributed by atoms with E-state index in [-0.39, 0.29) is 28.2 Å². The van der Waals surface area contributed by atoms with E-state index in [0.717, 1.165) is 0 Å². The normalized spacial score (nSPS) is 19.4. The Morgan fingerprint density at radius 1 is 1.25 bits per heavy atom. The molecule has 2 N–H and O–H groups in total. The van der Waals surface area contributed by atoms with Crippen molar-refractivity contribution in [1.29, 1.82) is 0 Å². The van der Waals surface area contributed by atoms with Crippen LogP contribution in [0.4, 0.5) is 17.3 Å². The van der Waals surface area contributed by atoms with E-state index in [2.05, 4.69) is 48.3 Å². The molecule has 0 unspecified atom stereocenters. The minimum atomic E-state index is -0.461. The van der Waals surface area contributed by atoms with E-state index >= 15 is 0 Å². The smallest absolute Gasteiger partial charge is 0.353 e. The summed E-state index contributed by atoms with van der Waals surface area (Å²) in [6.07, 6.45) is 1.32. The first kappa shape index (κ1) is 14.5. The standard InChI is InChI=1S/C13H21N5O2/c1-12(2)8(13(12,3)4)6-15-11-9(18(19)20)10(14-5)16-7-17-11/h7-8H,6H2,1-5H3,(H2,14,15,16,17). The summed E-state index contributed by atoms with van der Waals surface area (Å²) >= 11 is 0. The number of nitrogens with zero attached hydrogens (tertiary/aromatic N) is 3. The van der Waals surface area contributed by atoms with Crippen molar-refractivity contribution >= 4 is 17.3 Å². The van der Waals surface area contributed by atoms with Crippen molar-refractivity contribution in [2.24, 2.45) is 16.7 Å². The van der Waals surface area contributed by atoms with Crippen LogP contribution in [-0.4, -0.2) is 28.5 Å². The SMILES string of the molecule is CNc1ncnc(NCC2C(C)(C)C2(C)C)c1[N+](=O)[O-]. The van der Waals surface area contributed by atoms with Crippen molar-refractivity contribution in [1.82, 2.24) is 9.97 Å². The Morgan fingerprint density at radius 3 is 2.25 bits per heavy atom. The molecule has 1 fully saturated rings. The topological polar surface area (TPSA) is 93.0 Å². The van der Waals surface area contributed by atoms with Crippen molar-refractivity contribution in [3.8, 4) is 0 Å². The maximum absolute atomic E-state index is 11.2. The van der Waals surface area contributed by atoms with E-state index in [1.165, 1.54) is 6.33 Å². The molecule has 1 aromatic rings. The third-order valence-corrected chi connectivity index (χ3v) is 5.03. The predicted molar refractivity (Wildman–Crippen MR) is 77.8 cm³/mol. The number of hydrogen-bond acceptors (Lipinski definition) is 6. The van der Waals surface area contributed by atoms with Crippen molar-refractivity contribution in [2.75, 3.05) is 24.2 Å². The molecule has 1 saturated carbocycles. The molecule has 0 aromatic carbocycles. The fourth-order valence-corrected chi connectivity index (χ4v) is 2.91. The lowest BCUT2D eigenvalue weighted by molar-refractivity contribution is -0.383. The largest absolute Gasteiger partial charge is 0.367 e. The molecule has 7 nitrogen and oxygen atoms in total. The van der Waals surface area contributed by atoms with E-state index < -0.39 is 4.92 Å². The summed E-state index contributed by atoms with van der Waals surface area (Å²) < 4.78 is 0. The van der Waals surface area contributed by atoms with Crippen LogP contribution in [0.25, 0.3) is 0 Å². The van der Waals surface area contributed by atoms with Crippen LogP contribution < -0.4 is 10.6 Å². The average molecular weight is 279 g/mol. The van der Waals surface area contributed by atoms with Gasteiger partial charge in [-0.3, -0.25) is 10.1 Å². The molecule has 110 valence electrons. The highest BCUT2D eigenvalue weighted by molar-refractivity contribution is 5.69. The van der Waals surface area contributed by atoms with E-state index in [9.17, 15) is 10.1 Å². The van der Waals surface area contributed by atoms with Crippen molar-refractivity contribution in [2.45, 2.75) is 27.7 Å². The Labute approximate surface area is 118 Å². The highest BCUT2D eigenvalue weighted by Crippen LogP contribution is 2.68. The zero-order chi connectivity index (χ0) is 15.1. The maximum Gasteiger partial charge on any atom is 0.353 e. The Hall–Kier alpha value is -1.92. The summed E-state index contributed by atoms with van der Waals surface area (Å²) in [6, 6.07) is 0. The molecule has 1 aliphatic rings. The molecule has 0 amide bonds. The number of hydrogen-bond donors (Lipinski definition) is 2. The van der Waals surface area contributed by atoms with Crippen LogP contribution in [0.15, 0.2) is 6.33 Å². The summed E-state index contributed by atoms with van der Waals surface area (Å²) in [5, 5.41) is 17.0. The lowest BCUT2D eigenvalue weighted by Gasteiger charge is -2.09. The quantitative estimate of drug-likeness (QED) is 0.635. The minimum absolute atomic E-state index is 0.105. The van der Waals surface area contributed by atoms with Gasteiger partial charge in [-0.1, -0.05) is 27.7 Å². The molecule has 1 aliphatic carbocycles. The Morgan fingerprint density at radius 2 is 1.80 bits per heavy atom. The van der Waals surface area contributed by atoms with E-state index in [1.807, 2.05) is 0 Å². The predicted octanol–water partition coefficient (Wildman–Crippen LogP) is 2.52. The summed E-state index contributed by atoms with van der Waals surface area (Å²) in [7, 11) is 1.60. The van der Waals surface area contributed by atoms with Crippen LogP contribution in [0.3, 0.4) is 0 Å². The number of nitro groups is 1. The molecule has 0 saturated heterocycles. The second-order valence-corrected chi connectivity index (χ2v) is 6.30. The number of anilines is 2. The van der Waals surface area contributed by atoms with Crippen LogP contribution in [-0.2, 0) is 0 Å². The Kier molecular flexibility index (Phi) is 3.31. The van der Waals surface area contributed by atoms with Gasteiger partial charge in [-0.25, -0.2) is 9.97 Å². The fraction of sp³-hybridized carbons (Fsp3) is 0.692. The van der Waals surface area contributed by atoms with Crippen molar-refractivity contribution in [3.63, 3.8) is 0 Å². The zero-order valence-electron chi connectivity index (χ0n) is 12.5. The van der Waals surface area contributed by atoms with Gasteiger partial charge in [-0.15, -0.1) is 0 Å². The van der Waals surface area contributed by atoms with Crippen molar-refractivity contribution in [3.05, 3.63) is 16.4 Å². The van der Waals surface area contributed by atoms with Gasteiger partial charge in [-0.05, 0) is 16.7 Å². The first-order chi connectivity index (χ1) is 9.23. The summed E-state index contributed by atoms with van der Waals surface area (Å²) in [6.45, 7) is 9.53. The summed E-state index contributed by atoms with van der Waals surface area (Å²) in [4.78, 5) is 18.6. The number of aromatic nitrogens is 2. The summed E-state index contributed by atoms with van der Waals surface area (Å²) in [5.74, 6) is 0.956. The molecule has 0 aliphatic heterocycles. The second-order valence-electron chi connectivity index (χ2n) is 6.30. The first-order valence-electron chi connectivity index (χ1n) is 6.64. The molecule has 1 aromatic heterocycles. The van der Waals surface area contributed by atoms with Gasteiger partial charge in [0, 0.05) is 13.6 Å². The molecular formula is C13H21N5O2. The van der Waals surface area contributed by atoms with Gasteiger partial charge in [0.2, 0.25) is 11.6 Å². The molecule has 0 bridgehead atoms. The van der Waals surface area contributed by atoms with Crippen LogP contribution in [0, 0.1) is 26.9 Å². The zero-order valence-corrected chi connectivity index (χ0v) is 12.5. The van der Waals surface area contributed by atoms with Crippen LogP contribution in [0.5, 0.6) is 0 Å². The number of nitrogens with one attached hydrogen (secondary N) is 2. The Bertz CT molecular complexity index is 528. The third kappa shape index (κ3) is 2.07. The molecule has 20 heavy (non-hydrogen) atoms. The van der Waals surface area contributed by atoms with Gasteiger partial charge in [0.1, 0.15) is 6.33 Å². The first-order valence-corrected chi connectivity index (χ1v) is 6.64. The van der Waals surface area contributed by atoms with Gasteiger partial charge in [0.05, 0.1) is 4.92 Å². The number of rotatable bonds is 5. The lowest BCUT2D eigenvalue weighted by atomic mass is 10.0. The Balaban J connectivity index is 2.17. The molecular weight excluding hydrogens is 258 g/mol. The second kappa shape index (κ2) is 4.57. The summed E-state index contributed by atoms with van der Waals surface area (Å²) in [5.41, 5.74) is 0.354. The molecule has 0 spiro atoms. The van der Waals surface area contributed by atoms with Crippen molar-refractivity contribution < 1.29 is 4.92 Å². The minimum Gasteiger partial charge on any atom is -0.367 e. The van der Waals surface area contributed by atoms with Gasteiger partial charge in [-0.2, -0.15) is 0 Å². The van der Waals surface area contributed by atoms with Crippen LogP contribution in [0.2, 0.25) is 0 Å². The van der Waals surface area contributed by atoms with Crippen LogP contribution >= 0.6 is 0 Å². The van der Waals surface area contributed by atoms with E-state index in [0.29, 0.717) is 12.5 Å². The van der Waals surface area contributed by atoms with Gasteiger partial charge in [0.15, 0.2) is 0 Å². The van der Waals surface area contributed by atoms with Gasteiger partial charge in [0.25, 0.3) is 0 Å². The average Bonchev–Trinajstić information content (AvgIpc) is 2.76. The fourth-order valence-electron chi connectivity index (χ4n) is 2.91. The third-order valence-electron chi connectivity index (χ3n) is 5.03. The molecule has 0 atom stereocenters. The highest BCUT2D eigenvalue weighted by Gasteiger charge is 2.64. The highest BCUT2D eigenvalue weighted by atomic mass is 16.6. The molecule has 1 heterocycles. The van der Waals surface area contributed by atoms with E-state index in [1.54, 1.807) is 7.05 Å². The van der Waals surface area contributed by atoms with Crippen LogP contribution in [0.1, 0.15) is 27.7 Å². The molecule has 0 radical (unpaired) electrons. The molecule has 7 heteroatoms. The monoisotopic (exact) mass is 279 g/mol. The van der Waals surface area contributed by atoms with E-state index in [4.69, 9.17) is 0 Å². The van der Waals surface area contributed by atoms with Gasteiger partial charge < -0.3 is 10.6 Å². The van der Waals surface area contributed by atoms with Gasteiger partial charge >= 0.3 is 5.69 Å². The lowest BCUT2D eigenvalue weighted by Crippen LogP contribution is -2.12.